The Morgan fingerprint density at radius 1 is 0.250 bits per heavy atom. The van der Waals surface area contributed by atoms with Crippen molar-refractivity contribution in [3.05, 3.63) is 212 Å². The van der Waals surface area contributed by atoms with Crippen molar-refractivity contribution in [1.82, 2.24) is 0 Å². The van der Waals surface area contributed by atoms with Crippen molar-refractivity contribution in [1.29, 1.82) is 0 Å². The lowest BCUT2D eigenvalue weighted by atomic mass is 9.73. The Bertz CT molecular complexity index is 3710. The SMILES string of the molecule is [C-]#[N+]c1ccc(-c2c3c4cc5c2OCOc2c(cc6c(c2-c2ccc([N+]#[C-])cc2)OCOc2c(cc7c(c2-c2ccc([N+]#[C-])cc2)OCOc2c(cc(c(c2-c2ccc([N+]#[C-])cc2)OCO3)C4CCCCCCC)C7CCCCCCC)C6CCCCCCC)C5CCCCCCC)cc1. The second kappa shape index (κ2) is 32.4. The van der Waals surface area contributed by atoms with Crippen LogP contribution in [0.2, 0.25) is 0 Å². The van der Waals surface area contributed by atoms with E-state index in [1.165, 1.54) is 0 Å². The molecule has 12 nitrogen and oxygen atoms in total. The zero-order valence-corrected chi connectivity index (χ0v) is 58.7. The van der Waals surface area contributed by atoms with Gasteiger partial charge in [0.1, 0.15) is 46.0 Å². The van der Waals surface area contributed by atoms with E-state index in [2.05, 4.69) is 71.3 Å². The summed E-state index contributed by atoms with van der Waals surface area (Å²) < 4.78 is 59.1. The van der Waals surface area contributed by atoms with Crippen LogP contribution in [0.1, 0.15) is 250 Å². The van der Waals surface area contributed by atoms with Gasteiger partial charge in [-0.05, 0) is 72.2 Å². The van der Waals surface area contributed by atoms with Crippen LogP contribution in [0.3, 0.4) is 0 Å². The van der Waals surface area contributed by atoms with Crippen LogP contribution < -0.4 is 37.9 Å². The first-order valence-corrected chi connectivity index (χ1v) is 37.1. The lowest BCUT2D eigenvalue weighted by Crippen LogP contribution is -2.24. The highest BCUT2D eigenvalue weighted by molar-refractivity contribution is 5.89. The molecule has 12 heteroatoms. The third-order valence-corrected chi connectivity index (χ3v) is 21.3. The molecule has 100 heavy (non-hydrogen) atoms. The third-order valence-electron chi connectivity index (χ3n) is 21.3. The fourth-order valence-electron chi connectivity index (χ4n) is 16.2. The maximum atomic E-state index is 8.13. The lowest BCUT2D eigenvalue weighted by molar-refractivity contribution is 0.101. The van der Waals surface area contributed by atoms with Crippen LogP contribution in [-0.4, -0.2) is 27.2 Å². The first-order chi connectivity index (χ1) is 49.3. The van der Waals surface area contributed by atoms with Gasteiger partial charge in [-0.15, -0.1) is 0 Å². The van der Waals surface area contributed by atoms with Crippen molar-refractivity contribution in [2.24, 2.45) is 0 Å². The summed E-state index contributed by atoms with van der Waals surface area (Å²) >= 11 is 0. The first kappa shape index (κ1) is 68.6. The minimum absolute atomic E-state index is 0.162. The standard InChI is InChI=1S/C88H92N4O8/c1-9-13-17-21-25-29-65-69-49-71-66(30-26-22-18-14-10-2)73-51-75-68(32-28-24-20-16-12-4)76-52-74-67(31-27-23-19-15-11-3)72-50-70(65)82-78(58-35-43-62(90-6)44-36-58)84(72)96-55-98-86(74)80(60-39-47-64(92-8)48-40-60)88(76)100-56-99-87(75)79(59-37-45-63(91-7)46-38-59)85(73)97-54-95-83(71)77(81(69)93-53-94-82)57-33-41-61(89-5)42-34-57/h33-52,65-68H,9-32,53-56H2,1-4H3. The van der Waals surface area contributed by atoms with Crippen molar-refractivity contribution < 1.29 is 37.9 Å². The molecule has 0 N–H and O–H groups in total. The van der Waals surface area contributed by atoms with E-state index in [-0.39, 0.29) is 50.8 Å². The Hall–Kier alpha value is -9.88. The Morgan fingerprint density at radius 2 is 0.420 bits per heavy atom. The van der Waals surface area contributed by atoms with Crippen molar-refractivity contribution >= 4 is 22.7 Å². The zero-order chi connectivity index (χ0) is 68.9. The third kappa shape index (κ3) is 14.1. The van der Waals surface area contributed by atoms with Crippen LogP contribution in [0.15, 0.2) is 121 Å². The molecule has 1 aliphatic carbocycles. The van der Waals surface area contributed by atoms with Gasteiger partial charge in [-0.2, -0.15) is 0 Å². The van der Waals surface area contributed by atoms with E-state index in [1.54, 1.807) is 0 Å². The molecule has 512 valence electrons. The number of rotatable bonds is 28. The van der Waals surface area contributed by atoms with E-state index in [9.17, 15) is 0 Å². The number of nitrogens with zero attached hydrogens (tertiary/aromatic N) is 4. The van der Waals surface area contributed by atoms with Crippen molar-refractivity contribution in [2.45, 2.75) is 205 Å². The molecule has 0 amide bonds. The van der Waals surface area contributed by atoms with Gasteiger partial charge in [-0.1, -0.05) is 253 Å². The van der Waals surface area contributed by atoms with Crippen LogP contribution in [-0.2, 0) is 0 Å². The first-order valence-electron chi connectivity index (χ1n) is 37.1. The smallest absolute Gasteiger partial charge is 0.230 e. The number of hydrogen-bond acceptors (Lipinski definition) is 8. The molecule has 0 radical (unpaired) electrons. The fraction of sp³-hybridized carbons (Fsp3) is 0.409. The van der Waals surface area contributed by atoms with Gasteiger partial charge in [0.25, 0.3) is 0 Å². The summed E-state index contributed by atoms with van der Waals surface area (Å²) in [7, 11) is 0. The molecule has 8 bridgehead atoms. The van der Waals surface area contributed by atoms with Crippen molar-refractivity contribution in [2.75, 3.05) is 27.2 Å². The van der Waals surface area contributed by atoms with E-state index >= 15 is 0 Å². The number of hydrogen-bond donors (Lipinski definition) is 0. The van der Waals surface area contributed by atoms with E-state index < -0.39 is 0 Å². The maximum Gasteiger partial charge on any atom is 0.230 e. The highest BCUT2D eigenvalue weighted by Gasteiger charge is 2.43. The zero-order valence-electron chi connectivity index (χ0n) is 58.7. The molecule has 0 saturated carbocycles. The molecule has 0 unspecified atom stereocenters. The Kier molecular flexibility index (Phi) is 22.2. The summed E-state index contributed by atoms with van der Waals surface area (Å²) in [6.07, 6.45) is 24.3. The number of unbranched alkanes of at least 4 members (excludes halogenated alkanes) is 16. The van der Waals surface area contributed by atoms with E-state index in [0.717, 1.165) is 243 Å². The summed E-state index contributed by atoms with van der Waals surface area (Å²) in [4.78, 5) is 15.5. The summed E-state index contributed by atoms with van der Waals surface area (Å²) in [6, 6.07) is 41.2. The second-order valence-corrected chi connectivity index (χ2v) is 27.6. The molecule has 8 aromatic carbocycles. The van der Waals surface area contributed by atoms with Crippen molar-refractivity contribution in [3.8, 4) is 90.5 Å². The van der Waals surface area contributed by atoms with E-state index in [4.69, 9.17) is 64.2 Å². The predicted octanol–water partition coefficient (Wildman–Crippen LogP) is 25.8. The minimum atomic E-state index is -0.316. The monoisotopic (exact) mass is 1330 g/mol. The highest BCUT2D eigenvalue weighted by atomic mass is 16.7. The van der Waals surface area contributed by atoms with Gasteiger partial charge in [-0.25, -0.2) is 19.4 Å². The van der Waals surface area contributed by atoms with Gasteiger partial charge >= 0.3 is 0 Å². The largest absolute Gasteiger partial charge is 0.456 e. The molecule has 0 spiro atoms. The van der Waals surface area contributed by atoms with Gasteiger partial charge in [-0.3, -0.25) is 0 Å². The van der Waals surface area contributed by atoms with Crippen LogP contribution in [0.4, 0.5) is 22.7 Å². The normalized spacial score (nSPS) is 16.4. The van der Waals surface area contributed by atoms with Crippen molar-refractivity contribution in [3.63, 3.8) is 0 Å². The fourth-order valence-corrected chi connectivity index (χ4v) is 16.2. The summed E-state index contributed by atoms with van der Waals surface area (Å²) in [5, 5.41) is 0. The summed E-state index contributed by atoms with van der Waals surface area (Å²) in [5.41, 5.74) is 16.9. The van der Waals surface area contributed by atoms with Crippen LogP contribution >= 0.6 is 0 Å². The average Bonchev–Trinajstić information content (AvgIpc) is 0.724. The minimum Gasteiger partial charge on any atom is -0.456 e. The highest BCUT2D eigenvalue weighted by Crippen LogP contribution is 2.63. The molecular weight excluding hydrogens is 1240 g/mol. The van der Waals surface area contributed by atoms with Gasteiger partial charge < -0.3 is 37.9 Å². The molecule has 5 aliphatic rings. The van der Waals surface area contributed by atoms with Crippen LogP contribution in [0, 0.1) is 26.3 Å². The second-order valence-electron chi connectivity index (χ2n) is 27.6. The Morgan fingerprint density at radius 3 is 0.580 bits per heavy atom. The summed E-state index contributed by atoms with van der Waals surface area (Å²) in [5.74, 6) is 4.08. The van der Waals surface area contributed by atoms with Crippen LogP contribution in [0.25, 0.3) is 63.9 Å². The average molecular weight is 1330 g/mol. The van der Waals surface area contributed by atoms with Crippen LogP contribution in [0.5, 0.6) is 46.0 Å². The molecule has 0 fully saturated rings. The molecule has 13 rings (SSSR count). The molecular formula is C88H92N4O8. The number of benzene rings is 8. The quantitative estimate of drug-likeness (QED) is 0.0354. The molecule has 0 aromatic heterocycles. The molecule has 8 aromatic rings. The van der Waals surface area contributed by atoms with Gasteiger partial charge in [0, 0.05) is 68.2 Å². The van der Waals surface area contributed by atoms with Gasteiger partial charge in [0.05, 0.1) is 48.5 Å². The summed E-state index contributed by atoms with van der Waals surface area (Å²) in [6.45, 7) is 40.9. The topological polar surface area (TPSA) is 91.3 Å². The molecule has 4 heterocycles. The predicted molar refractivity (Wildman–Crippen MR) is 398 cm³/mol. The number of ether oxygens (including phenoxy) is 8. The van der Waals surface area contributed by atoms with Gasteiger partial charge in [0.2, 0.25) is 27.2 Å². The van der Waals surface area contributed by atoms with Gasteiger partial charge in [0.15, 0.2) is 22.7 Å². The maximum absolute atomic E-state index is 8.13. The lowest BCUT2D eigenvalue weighted by Gasteiger charge is -2.38. The Labute approximate surface area is 592 Å². The Balaban J connectivity index is 1.24. The molecule has 4 aliphatic heterocycles. The van der Waals surface area contributed by atoms with E-state index in [0.29, 0.717) is 68.7 Å². The van der Waals surface area contributed by atoms with E-state index in [1.807, 2.05) is 97.1 Å². The molecule has 0 saturated heterocycles. The molecule has 0 atom stereocenters.